The summed E-state index contributed by atoms with van der Waals surface area (Å²) in [6, 6.07) is 0.617. The molecule has 0 atom stereocenters. The standard InChI is InChI=1S/C14H26N2O2/c1-11(2)16-9-14(10-16)6-7-15(8-14)12(17)18-13(3,4)5/h11H,6-10H2,1-5H3. The number of likely N-dealkylation sites (tertiary alicyclic amines) is 2. The summed E-state index contributed by atoms with van der Waals surface area (Å²) in [4.78, 5) is 16.3. The van der Waals surface area contributed by atoms with Gasteiger partial charge in [0.2, 0.25) is 0 Å². The van der Waals surface area contributed by atoms with Gasteiger partial charge in [-0.05, 0) is 41.0 Å². The number of amides is 1. The number of hydrogen-bond donors (Lipinski definition) is 0. The van der Waals surface area contributed by atoms with E-state index in [0.29, 0.717) is 11.5 Å². The van der Waals surface area contributed by atoms with Crippen LogP contribution in [0.25, 0.3) is 0 Å². The zero-order valence-electron chi connectivity index (χ0n) is 12.3. The van der Waals surface area contributed by atoms with Gasteiger partial charge in [0, 0.05) is 37.6 Å². The molecule has 0 aromatic carbocycles. The van der Waals surface area contributed by atoms with Gasteiger partial charge in [-0.25, -0.2) is 4.79 Å². The van der Waals surface area contributed by atoms with E-state index < -0.39 is 5.60 Å². The number of carbonyl (C=O) groups excluding carboxylic acids is 1. The van der Waals surface area contributed by atoms with Crippen LogP contribution in [0.4, 0.5) is 4.79 Å². The first kappa shape index (κ1) is 13.7. The van der Waals surface area contributed by atoms with Gasteiger partial charge in [-0.15, -0.1) is 0 Å². The highest BCUT2D eigenvalue weighted by atomic mass is 16.6. The van der Waals surface area contributed by atoms with Gasteiger partial charge < -0.3 is 9.64 Å². The molecular weight excluding hydrogens is 228 g/mol. The summed E-state index contributed by atoms with van der Waals surface area (Å²) in [5.74, 6) is 0. The van der Waals surface area contributed by atoms with Crippen molar-refractivity contribution < 1.29 is 9.53 Å². The van der Waals surface area contributed by atoms with Gasteiger partial charge in [0.05, 0.1) is 0 Å². The smallest absolute Gasteiger partial charge is 0.410 e. The molecule has 4 heteroatoms. The molecule has 0 bridgehead atoms. The van der Waals surface area contributed by atoms with Crippen LogP contribution in [0, 0.1) is 5.41 Å². The fraction of sp³-hybridized carbons (Fsp3) is 0.929. The lowest BCUT2D eigenvalue weighted by molar-refractivity contribution is -0.0187. The Hall–Kier alpha value is -0.770. The van der Waals surface area contributed by atoms with Crippen LogP contribution in [0.3, 0.4) is 0 Å². The molecule has 1 amide bonds. The third-order valence-corrected chi connectivity index (χ3v) is 3.90. The van der Waals surface area contributed by atoms with E-state index in [-0.39, 0.29) is 6.09 Å². The summed E-state index contributed by atoms with van der Waals surface area (Å²) in [5.41, 5.74) is -0.0441. The third kappa shape index (κ3) is 2.79. The number of rotatable bonds is 1. The van der Waals surface area contributed by atoms with Crippen molar-refractivity contribution in [2.75, 3.05) is 26.2 Å². The van der Waals surface area contributed by atoms with Crippen molar-refractivity contribution in [2.24, 2.45) is 5.41 Å². The van der Waals surface area contributed by atoms with Crippen LogP contribution in [0.1, 0.15) is 41.0 Å². The number of nitrogens with zero attached hydrogens (tertiary/aromatic N) is 2. The van der Waals surface area contributed by atoms with E-state index in [9.17, 15) is 4.79 Å². The quantitative estimate of drug-likeness (QED) is 0.720. The molecule has 2 aliphatic heterocycles. The highest BCUT2D eigenvalue weighted by Crippen LogP contribution is 2.40. The zero-order valence-corrected chi connectivity index (χ0v) is 12.3. The number of ether oxygens (including phenoxy) is 1. The third-order valence-electron chi connectivity index (χ3n) is 3.90. The van der Waals surface area contributed by atoms with Gasteiger partial charge in [0.1, 0.15) is 5.60 Å². The molecule has 2 rings (SSSR count). The summed E-state index contributed by atoms with van der Waals surface area (Å²) in [6.45, 7) is 14.2. The normalized spacial score (nSPS) is 23.6. The van der Waals surface area contributed by atoms with Crippen LogP contribution in [0.2, 0.25) is 0 Å². The van der Waals surface area contributed by atoms with E-state index in [1.807, 2.05) is 25.7 Å². The molecule has 1 spiro atoms. The fourth-order valence-corrected chi connectivity index (χ4v) is 2.86. The lowest BCUT2D eigenvalue weighted by atomic mass is 9.78. The first-order valence-electron chi connectivity index (χ1n) is 6.93. The van der Waals surface area contributed by atoms with Crippen molar-refractivity contribution in [3.8, 4) is 0 Å². The van der Waals surface area contributed by atoms with Crippen LogP contribution in [0.15, 0.2) is 0 Å². The molecule has 2 heterocycles. The second-order valence-electron chi connectivity index (χ2n) is 7.15. The first-order valence-corrected chi connectivity index (χ1v) is 6.93. The first-order chi connectivity index (χ1) is 8.21. The van der Waals surface area contributed by atoms with Crippen molar-refractivity contribution >= 4 is 6.09 Å². The topological polar surface area (TPSA) is 32.8 Å². The summed E-state index contributed by atoms with van der Waals surface area (Å²) >= 11 is 0. The molecule has 0 aliphatic carbocycles. The predicted molar refractivity (Wildman–Crippen MR) is 71.6 cm³/mol. The summed E-state index contributed by atoms with van der Waals surface area (Å²) in [6.07, 6.45) is 0.970. The molecule has 0 radical (unpaired) electrons. The fourth-order valence-electron chi connectivity index (χ4n) is 2.86. The molecule has 0 aromatic rings. The molecule has 0 saturated carbocycles. The van der Waals surface area contributed by atoms with E-state index >= 15 is 0 Å². The van der Waals surface area contributed by atoms with Crippen molar-refractivity contribution in [1.29, 1.82) is 0 Å². The molecule has 0 unspecified atom stereocenters. The molecule has 0 N–H and O–H groups in total. The molecule has 0 aromatic heterocycles. The van der Waals surface area contributed by atoms with Crippen molar-refractivity contribution in [3.63, 3.8) is 0 Å². The van der Waals surface area contributed by atoms with Crippen LogP contribution in [-0.2, 0) is 4.74 Å². The Kier molecular flexibility index (Phi) is 3.34. The number of hydrogen-bond acceptors (Lipinski definition) is 3. The molecule has 2 aliphatic rings. The van der Waals surface area contributed by atoms with E-state index in [1.54, 1.807) is 0 Å². The maximum atomic E-state index is 12.0. The largest absolute Gasteiger partial charge is 0.444 e. The van der Waals surface area contributed by atoms with E-state index in [2.05, 4.69) is 18.7 Å². The Morgan fingerprint density at radius 3 is 2.33 bits per heavy atom. The monoisotopic (exact) mass is 254 g/mol. The van der Waals surface area contributed by atoms with Gasteiger partial charge in [-0.2, -0.15) is 0 Å². The molecular formula is C14H26N2O2. The van der Waals surface area contributed by atoms with Gasteiger partial charge in [-0.1, -0.05) is 0 Å². The minimum atomic E-state index is -0.392. The molecule has 104 valence electrons. The summed E-state index contributed by atoms with van der Waals surface area (Å²) in [5, 5.41) is 0. The molecule has 18 heavy (non-hydrogen) atoms. The minimum Gasteiger partial charge on any atom is -0.444 e. The van der Waals surface area contributed by atoms with Crippen LogP contribution in [-0.4, -0.2) is 53.7 Å². The Labute approximate surface area is 110 Å². The van der Waals surface area contributed by atoms with Crippen LogP contribution < -0.4 is 0 Å². The van der Waals surface area contributed by atoms with Gasteiger partial charge in [-0.3, -0.25) is 4.90 Å². The average Bonchev–Trinajstić information content (AvgIpc) is 2.56. The highest BCUT2D eigenvalue weighted by Gasteiger charge is 2.49. The van der Waals surface area contributed by atoms with Gasteiger partial charge in [0.15, 0.2) is 0 Å². The SMILES string of the molecule is CC(C)N1CC2(CCN(C(=O)OC(C)(C)C)C2)C1. The predicted octanol–water partition coefficient (Wildman–Crippen LogP) is 2.34. The Morgan fingerprint density at radius 2 is 1.83 bits per heavy atom. The summed E-state index contributed by atoms with van der Waals surface area (Å²) in [7, 11) is 0. The van der Waals surface area contributed by atoms with Crippen molar-refractivity contribution in [3.05, 3.63) is 0 Å². The zero-order chi connectivity index (χ0) is 13.6. The Morgan fingerprint density at radius 1 is 1.22 bits per heavy atom. The minimum absolute atomic E-state index is 0.151. The number of carbonyl (C=O) groups is 1. The lowest BCUT2D eigenvalue weighted by Gasteiger charge is -2.50. The summed E-state index contributed by atoms with van der Waals surface area (Å²) < 4.78 is 5.43. The van der Waals surface area contributed by atoms with E-state index in [4.69, 9.17) is 4.74 Å². The Bertz CT molecular complexity index is 327. The van der Waals surface area contributed by atoms with Crippen molar-refractivity contribution in [1.82, 2.24) is 9.80 Å². The van der Waals surface area contributed by atoms with Gasteiger partial charge in [0.25, 0.3) is 0 Å². The Balaban J connectivity index is 1.85. The van der Waals surface area contributed by atoms with Crippen molar-refractivity contribution in [2.45, 2.75) is 52.7 Å². The van der Waals surface area contributed by atoms with Gasteiger partial charge >= 0.3 is 6.09 Å². The second kappa shape index (κ2) is 4.41. The maximum absolute atomic E-state index is 12.0. The average molecular weight is 254 g/mol. The van der Waals surface area contributed by atoms with E-state index in [0.717, 1.165) is 32.6 Å². The maximum Gasteiger partial charge on any atom is 0.410 e. The van der Waals surface area contributed by atoms with Crippen LogP contribution >= 0.6 is 0 Å². The molecule has 2 saturated heterocycles. The lowest BCUT2D eigenvalue weighted by Crippen LogP contribution is -2.59. The highest BCUT2D eigenvalue weighted by molar-refractivity contribution is 5.68. The molecule has 2 fully saturated rings. The van der Waals surface area contributed by atoms with Crippen LogP contribution in [0.5, 0.6) is 0 Å². The van der Waals surface area contributed by atoms with E-state index in [1.165, 1.54) is 0 Å². The second-order valence-corrected chi connectivity index (χ2v) is 7.15. The molecule has 4 nitrogen and oxygen atoms in total.